The van der Waals surface area contributed by atoms with E-state index in [2.05, 4.69) is 5.32 Å². The van der Waals surface area contributed by atoms with Crippen LogP contribution in [0.5, 0.6) is 0 Å². The maximum atomic E-state index is 13.2. The molecule has 3 nitrogen and oxygen atoms in total. The lowest BCUT2D eigenvalue weighted by Crippen LogP contribution is -2.19. The van der Waals surface area contributed by atoms with E-state index in [1.54, 1.807) is 0 Å². The second-order valence-corrected chi connectivity index (χ2v) is 5.85. The molecule has 0 saturated heterocycles. The number of hydrogen-bond acceptors (Lipinski definition) is 1. The molecule has 0 radical (unpaired) electrons. The number of aromatic nitrogens is 1. The molecule has 1 amide bonds. The van der Waals surface area contributed by atoms with Gasteiger partial charge < -0.3 is 9.88 Å². The molecule has 0 bridgehead atoms. The summed E-state index contributed by atoms with van der Waals surface area (Å²) < 4.78 is 15.2. The monoisotopic (exact) mass is 342 g/mol. The molecule has 1 N–H and O–H groups in total. The summed E-state index contributed by atoms with van der Waals surface area (Å²) in [6.07, 6.45) is 4.12. The summed E-state index contributed by atoms with van der Waals surface area (Å²) in [6.45, 7) is 0. The van der Waals surface area contributed by atoms with Gasteiger partial charge in [0.1, 0.15) is 5.82 Å². The Morgan fingerprint density at radius 3 is 2.46 bits per heavy atom. The van der Waals surface area contributed by atoms with E-state index in [1.165, 1.54) is 18.2 Å². The molecule has 1 atom stereocenters. The highest BCUT2D eigenvalue weighted by atomic mass is 35.5. The molecule has 0 fully saturated rings. The third kappa shape index (κ3) is 3.84. The molecule has 3 rings (SSSR count). The number of halogens is 2. The van der Waals surface area contributed by atoms with Gasteiger partial charge in [0.2, 0.25) is 5.91 Å². The van der Waals surface area contributed by atoms with E-state index >= 15 is 0 Å². The summed E-state index contributed by atoms with van der Waals surface area (Å²) in [4.78, 5) is 12.4. The van der Waals surface area contributed by atoms with Crippen LogP contribution >= 0.6 is 11.6 Å². The highest BCUT2D eigenvalue weighted by Crippen LogP contribution is 2.24. The molecule has 0 saturated carbocycles. The van der Waals surface area contributed by atoms with Gasteiger partial charge in [-0.3, -0.25) is 4.79 Å². The van der Waals surface area contributed by atoms with Crippen molar-refractivity contribution in [3.8, 4) is 0 Å². The molecular formula is C19H16ClFN2O. The second kappa shape index (κ2) is 7.32. The van der Waals surface area contributed by atoms with Crippen molar-refractivity contribution in [2.45, 2.75) is 12.5 Å². The van der Waals surface area contributed by atoms with E-state index in [0.717, 1.165) is 5.56 Å². The van der Waals surface area contributed by atoms with Crippen molar-refractivity contribution in [3.05, 3.63) is 89.5 Å². The minimum atomic E-state index is -0.510. The summed E-state index contributed by atoms with van der Waals surface area (Å²) in [6, 6.07) is 17.7. The molecule has 24 heavy (non-hydrogen) atoms. The van der Waals surface area contributed by atoms with Crippen LogP contribution in [0.2, 0.25) is 5.02 Å². The Kier molecular flexibility index (Phi) is 4.96. The lowest BCUT2D eigenvalue weighted by molar-refractivity contribution is -0.116. The second-order valence-electron chi connectivity index (χ2n) is 5.44. The number of anilines is 1. The average molecular weight is 343 g/mol. The first-order chi connectivity index (χ1) is 11.6. The van der Waals surface area contributed by atoms with Crippen LogP contribution < -0.4 is 5.32 Å². The number of carbonyl (C=O) groups is 1. The fourth-order valence-corrected chi connectivity index (χ4v) is 2.77. The lowest BCUT2D eigenvalue weighted by atomic mass is 10.0. The summed E-state index contributed by atoms with van der Waals surface area (Å²) >= 11 is 5.75. The van der Waals surface area contributed by atoms with Crippen LogP contribution in [0.25, 0.3) is 0 Å². The quantitative estimate of drug-likeness (QED) is 0.703. The lowest BCUT2D eigenvalue weighted by Gasteiger charge is -2.19. The predicted molar refractivity (Wildman–Crippen MR) is 93.7 cm³/mol. The Balaban J connectivity index is 1.77. The van der Waals surface area contributed by atoms with Crippen LogP contribution in [0.1, 0.15) is 18.0 Å². The number of carbonyl (C=O) groups excluding carboxylic acids is 1. The number of amides is 1. The summed E-state index contributed by atoms with van der Waals surface area (Å²) in [5.74, 6) is -0.676. The molecule has 1 aromatic heterocycles. The summed E-state index contributed by atoms with van der Waals surface area (Å²) in [7, 11) is 0. The van der Waals surface area contributed by atoms with Gasteiger partial charge >= 0.3 is 0 Å². The number of nitrogens with zero attached hydrogens (tertiary/aromatic N) is 1. The highest BCUT2D eigenvalue weighted by molar-refractivity contribution is 6.31. The highest BCUT2D eigenvalue weighted by Gasteiger charge is 2.17. The van der Waals surface area contributed by atoms with Crippen LogP contribution in [0.15, 0.2) is 73.1 Å². The Morgan fingerprint density at radius 2 is 1.79 bits per heavy atom. The Bertz CT molecular complexity index is 819. The Hall–Kier alpha value is -2.59. The maximum absolute atomic E-state index is 13.2. The van der Waals surface area contributed by atoms with Gasteiger partial charge in [-0.05, 0) is 35.9 Å². The minimum Gasteiger partial charge on any atom is -0.346 e. The molecule has 0 aliphatic carbocycles. The van der Waals surface area contributed by atoms with Gasteiger partial charge in [-0.15, -0.1) is 0 Å². The molecule has 3 aromatic rings. The van der Waals surface area contributed by atoms with Crippen molar-refractivity contribution in [2.75, 3.05) is 5.32 Å². The molecule has 1 heterocycles. The zero-order valence-corrected chi connectivity index (χ0v) is 13.6. The van der Waals surface area contributed by atoms with Gasteiger partial charge in [0, 0.05) is 18.1 Å². The topological polar surface area (TPSA) is 34.0 Å². The van der Waals surface area contributed by atoms with Crippen molar-refractivity contribution in [2.24, 2.45) is 0 Å². The molecule has 0 spiro atoms. The molecule has 122 valence electrons. The van der Waals surface area contributed by atoms with E-state index in [0.29, 0.717) is 5.69 Å². The summed E-state index contributed by atoms with van der Waals surface area (Å²) in [5.41, 5.74) is 1.52. The van der Waals surface area contributed by atoms with Crippen molar-refractivity contribution in [3.63, 3.8) is 0 Å². The average Bonchev–Trinajstić information content (AvgIpc) is 3.11. The van der Waals surface area contributed by atoms with Gasteiger partial charge in [-0.25, -0.2) is 4.39 Å². The molecular weight excluding hydrogens is 327 g/mol. The van der Waals surface area contributed by atoms with Crippen molar-refractivity contribution >= 4 is 23.2 Å². The number of rotatable bonds is 5. The van der Waals surface area contributed by atoms with E-state index < -0.39 is 5.82 Å². The van der Waals surface area contributed by atoms with E-state index in [-0.39, 0.29) is 23.4 Å². The summed E-state index contributed by atoms with van der Waals surface area (Å²) in [5, 5.41) is 2.75. The van der Waals surface area contributed by atoms with Crippen molar-refractivity contribution in [1.29, 1.82) is 0 Å². The van der Waals surface area contributed by atoms with Gasteiger partial charge in [-0.1, -0.05) is 41.9 Å². The minimum absolute atomic E-state index is 0.0159. The third-order valence-corrected chi connectivity index (χ3v) is 4.04. The first-order valence-corrected chi connectivity index (χ1v) is 7.93. The van der Waals surface area contributed by atoms with Gasteiger partial charge in [0.15, 0.2) is 0 Å². The van der Waals surface area contributed by atoms with E-state index in [1.807, 2.05) is 59.4 Å². The first-order valence-electron chi connectivity index (χ1n) is 7.56. The Morgan fingerprint density at radius 1 is 1.08 bits per heavy atom. The normalized spacial score (nSPS) is 11.9. The fourth-order valence-electron chi connectivity index (χ4n) is 2.59. The van der Waals surface area contributed by atoms with E-state index in [4.69, 9.17) is 11.6 Å². The molecule has 5 heteroatoms. The number of benzene rings is 2. The van der Waals surface area contributed by atoms with E-state index in [9.17, 15) is 9.18 Å². The zero-order valence-electron chi connectivity index (χ0n) is 12.8. The van der Waals surface area contributed by atoms with Gasteiger partial charge in [-0.2, -0.15) is 0 Å². The van der Waals surface area contributed by atoms with Crippen LogP contribution in [0, 0.1) is 5.82 Å². The fraction of sp³-hybridized carbons (Fsp3) is 0.105. The van der Waals surface area contributed by atoms with Crippen LogP contribution in [0.4, 0.5) is 10.1 Å². The largest absolute Gasteiger partial charge is 0.346 e. The molecule has 1 unspecified atom stereocenters. The van der Waals surface area contributed by atoms with Gasteiger partial charge in [0.25, 0.3) is 0 Å². The van der Waals surface area contributed by atoms with Crippen LogP contribution in [-0.4, -0.2) is 10.5 Å². The third-order valence-electron chi connectivity index (χ3n) is 3.75. The smallest absolute Gasteiger partial charge is 0.226 e. The van der Waals surface area contributed by atoms with Crippen molar-refractivity contribution in [1.82, 2.24) is 4.57 Å². The number of nitrogens with one attached hydrogen (secondary N) is 1. The molecule has 0 aliphatic rings. The van der Waals surface area contributed by atoms with Gasteiger partial charge in [0.05, 0.1) is 17.5 Å². The van der Waals surface area contributed by atoms with Crippen LogP contribution in [0.3, 0.4) is 0 Å². The SMILES string of the molecule is O=C(CC(c1ccccc1)n1cccc1)Nc1ccc(F)c(Cl)c1. The molecule has 2 aromatic carbocycles. The van der Waals surface area contributed by atoms with Crippen molar-refractivity contribution < 1.29 is 9.18 Å². The Labute approximate surface area is 144 Å². The predicted octanol–water partition coefficient (Wildman–Crippen LogP) is 4.90. The standard InChI is InChI=1S/C19H16ClFN2O/c20-16-12-15(8-9-17(16)21)22-19(24)13-18(23-10-4-5-11-23)14-6-2-1-3-7-14/h1-12,18H,13H2,(H,22,24). The first kappa shape index (κ1) is 16.3. The number of hydrogen-bond donors (Lipinski definition) is 1. The zero-order chi connectivity index (χ0) is 16.9. The molecule has 0 aliphatic heterocycles. The van der Waals surface area contributed by atoms with Crippen LogP contribution in [-0.2, 0) is 4.79 Å². The maximum Gasteiger partial charge on any atom is 0.226 e.